The van der Waals surface area contributed by atoms with Crippen LogP contribution in [0.5, 0.6) is 5.75 Å². The predicted octanol–water partition coefficient (Wildman–Crippen LogP) is 7.83. The molecule has 0 atom stereocenters. The molecule has 0 unspecified atom stereocenters. The van der Waals surface area contributed by atoms with Crippen molar-refractivity contribution in [1.82, 2.24) is 9.38 Å². The molecular weight excluding hydrogens is 560 g/mol. The molecule has 7 nitrogen and oxygen atoms in total. The molecule has 4 rings (SSSR count). The van der Waals surface area contributed by atoms with Gasteiger partial charge in [-0.25, -0.2) is 4.98 Å². The van der Waals surface area contributed by atoms with Crippen molar-refractivity contribution >= 4 is 46.0 Å². The first-order valence-electron chi connectivity index (χ1n) is 13.6. The molecular formula is C32H35ClN2O5S. The number of aromatic nitrogens is 2. The van der Waals surface area contributed by atoms with Gasteiger partial charge in [-0.2, -0.15) is 0 Å². The quantitative estimate of drug-likeness (QED) is 0.178. The summed E-state index contributed by atoms with van der Waals surface area (Å²) < 4.78 is 7.75. The smallest absolute Gasteiger partial charge is 0.309 e. The van der Waals surface area contributed by atoms with Crippen molar-refractivity contribution in [3.8, 4) is 5.75 Å². The minimum Gasteiger partial charge on any atom is -0.487 e. The van der Waals surface area contributed by atoms with Crippen LogP contribution in [-0.2, 0) is 17.8 Å². The molecule has 0 saturated heterocycles. The topological polar surface area (TPSA) is 98.0 Å². The number of carbonyl (C=O) groups is 3. The maximum absolute atomic E-state index is 14.1. The third-order valence-electron chi connectivity index (χ3n) is 7.62. The number of rotatable bonds is 11. The molecule has 1 N–H and O–H groups in total. The molecule has 3 aromatic heterocycles. The molecule has 0 aliphatic rings. The van der Waals surface area contributed by atoms with Gasteiger partial charge in [0.05, 0.1) is 27.3 Å². The molecule has 0 amide bonds. The predicted molar refractivity (Wildman–Crippen MR) is 162 cm³/mol. The van der Waals surface area contributed by atoms with E-state index in [4.69, 9.17) is 16.3 Å². The highest BCUT2D eigenvalue weighted by Gasteiger charge is 2.41. The Labute approximate surface area is 249 Å². The highest BCUT2D eigenvalue weighted by molar-refractivity contribution is 7.09. The summed E-state index contributed by atoms with van der Waals surface area (Å²) in [6, 6.07) is 10.0. The summed E-state index contributed by atoms with van der Waals surface area (Å²) in [6.07, 6.45) is 2.41. The van der Waals surface area contributed by atoms with Crippen LogP contribution in [0.25, 0.3) is 5.52 Å². The van der Waals surface area contributed by atoms with Gasteiger partial charge < -0.3 is 14.2 Å². The standard InChI is InChI=1S/C32H35ClN2O5S/c1-7-32(8-2,30(38)39)16-24-26(29(37)31(4,5)6)25-15-23(40-17-22-18-41-19(3)34-22)13-14-35(25)27(24)28(36)20-9-11-21(33)12-10-20/h9-15,18H,7-8,16-17H2,1-6H3,(H,38,39). The zero-order chi connectivity index (χ0) is 30.1. The van der Waals surface area contributed by atoms with E-state index in [0.717, 1.165) is 10.7 Å². The molecule has 9 heteroatoms. The summed E-state index contributed by atoms with van der Waals surface area (Å²) in [5.74, 6) is -0.952. The summed E-state index contributed by atoms with van der Waals surface area (Å²) in [7, 11) is 0. The van der Waals surface area contributed by atoms with Crippen LogP contribution in [0.2, 0.25) is 5.02 Å². The number of hydrogen-bond acceptors (Lipinski definition) is 6. The third kappa shape index (κ3) is 6.09. The molecule has 0 aliphatic heterocycles. The van der Waals surface area contributed by atoms with Crippen LogP contribution < -0.4 is 4.74 Å². The van der Waals surface area contributed by atoms with Gasteiger partial charge >= 0.3 is 5.97 Å². The lowest BCUT2D eigenvalue weighted by molar-refractivity contribution is -0.149. The normalized spacial score (nSPS) is 12.1. The number of halogens is 1. The molecule has 0 fully saturated rings. The summed E-state index contributed by atoms with van der Waals surface area (Å²) in [6.45, 7) is 11.3. The fourth-order valence-corrected chi connectivity index (χ4v) is 5.73. The lowest BCUT2D eigenvalue weighted by atomic mass is 9.74. The lowest BCUT2D eigenvalue weighted by Gasteiger charge is -2.28. The van der Waals surface area contributed by atoms with Gasteiger partial charge in [-0.3, -0.25) is 14.4 Å². The second-order valence-corrected chi connectivity index (χ2v) is 12.8. The fraction of sp³-hybridized carbons (Fsp3) is 0.375. The number of ketones is 2. The average molecular weight is 595 g/mol. The Kier molecular flexibility index (Phi) is 8.76. The van der Waals surface area contributed by atoms with Gasteiger partial charge in [0.1, 0.15) is 12.4 Å². The zero-order valence-corrected chi connectivity index (χ0v) is 25.8. The van der Waals surface area contributed by atoms with Crippen molar-refractivity contribution in [3.05, 3.63) is 86.1 Å². The van der Waals surface area contributed by atoms with E-state index in [1.54, 1.807) is 47.0 Å². The number of carboxylic acid groups (broad SMARTS) is 1. The molecule has 216 valence electrons. The van der Waals surface area contributed by atoms with E-state index < -0.39 is 16.8 Å². The number of carbonyl (C=O) groups excluding carboxylic acids is 2. The minimum atomic E-state index is -1.16. The van der Waals surface area contributed by atoms with Gasteiger partial charge in [0, 0.05) is 39.2 Å². The summed E-state index contributed by atoms with van der Waals surface area (Å²) in [4.78, 5) is 45.3. The van der Waals surface area contributed by atoms with Gasteiger partial charge in [-0.05, 0) is 62.1 Å². The Morgan fingerprint density at radius 3 is 2.27 bits per heavy atom. The maximum atomic E-state index is 14.1. The number of benzene rings is 1. The Balaban J connectivity index is 2.00. The Hall–Kier alpha value is -3.49. The monoisotopic (exact) mass is 594 g/mol. The number of hydrogen-bond donors (Lipinski definition) is 1. The van der Waals surface area contributed by atoms with Crippen molar-refractivity contribution in [1.29, 1.82) is 0 Å². The number of pyridine rings is 1. The number of ether oxygens (including phenoxy) is 1. The molecule has 0 radical (unpaired) electrons. The Morgan fingerprint density at radius 2 is 1.73 bits per heavy atom. The second kappa shape index (κ2) is 11.8. The fourth-order valence-electron chi connectivity index (χ4n) is 5.01. The number of nitrogens with zero attached hydrogens (tertiary/aromatic N) is 2. The number of aliphatic carboxylic acids is 1. The highest BCUT2D eigenvalue weighted by Crippen LogP contribution is 2.40. The first kappa shape index (κ1) is 30.5. The van der Waals surface area contributed by atoms with E-state index in [9.17, 15) is 19.5 Å². The van der Waals surface area contributed by atoms with Crippen LogP contribution >= 0.6 is 22.9 Å². The third-order valence-corrected chi connectivity index (χ3v) is 8.69. The van der Waals surface area contributed by atoms with Crippen LogP contribution in [0.4, 0.5) is 0 Å². The van der Waals surface area contributed by atoms with Crippen LogP contribution in [0.15, 0.2) is 48.0 Å². The highest BCUT2D eigenvalue weighted by atomic mass is 35.5. The van der Waals surface area contributed by atoms with Crippen LogP contribution in [0, 0.1) is 17.8 Å². The zero-order valence-electron chi connectivity index (χ0n) is 24.2. The molecule has 0 aliphatic carbocycles. The first-order valence-corrected chi connectivity index (χ1v) is 14.9. The van der Waals surface area contributed by atoms with E-state index in [0.29, 0.717) is 45.8 Å². The van der Waals surface area contributed by atoms with Crippen molar-refractivity contribution in [2.24, 2.45) is 10.8 Å². The van der Waals surface area contributed by atoms with Crippen molar-refractivity contribution < 1.29 is 24.2 Å². The van der Waals surface area contributed by atoms with Crippen molar-refractivity contribution in [3.63, 3.8) is 0 Å². The van der Waals surface area contributed by atoms with Crippen molar-refractivity contribution in [2.75, 3.05) is 0 Å². The number of aryl methyl sites for hydroxylation is 1. The van der Waals surface area contributed by atoms with Gasteiger partial charge in [0.25, 0.3) is 0 Å². The van der Waals surface area contributed by atoms with E-state index in [1.165, 1.54) is 11.3 Å². The summed E-state index contributed by atoms with van der Waals surface area (Å²) >= 11 is 7.63. The molecule has 0 spiro atoms. The molecule has 0 bridgehead atoms. The van der Waals surface area contributed by atoms with E-state index in [-0.39, 0.29) is 30.3 Å². The Bertz CT molecular complexity index is 1610. The van der Waals surface area contributed by atoms with Crippen LogP contribution in [0.3, 0.4) is 0 Å². The molecule has 4 aromatic rings. The van der Waals surface area contributed by atoms with E-state index in [2.05, 4.69) is 4.98 Å². The number of Topliss-reactive ketones (excluding diaryl/α,β-unsaturated/α-hetero) is 1. The molecule has 1 aromatic carbocycles. The lowest BCUT2D eigenvalue weighted by Crippen LogP contribution is -2.33. The largest absolute Gasteiger partial charge is 0.487 e. The Morgan fingerprint density at radius 1 is 1.07 bits per heavy atom. The van der Waals surface area contributed by atoms with Gasteiger partial charge in [-0.15, -0.1) is 11.3 Å². The number of carboxylic acids is 1. The van der Waals surface area contributed by atoms with E-state index in [1.807, 2.05) is 46.9 Å². The van der Waals surface area contributed by atoms with Crippen LogP contribution in [-0.4, -0.2) is 32.0 Å². The second-order valence-electron chi connectivity index (χ2n) is 11.4. The van der Waals surface area contributed by atoms with Gasteiger partial charge in [-0.1, -0.05) is 46.2 Å². The molecule has 0 saturated carbocycles. The molecule has 41 heavy (non-hydrogen) atoms. The van der Waals surface area contributed by atoms with Gasteiger partial charge in [0.15, 0.2) is 5.78 Å². The molecule has 3 heterocycles. The summed E-state index contributed by atoms with van der Waals surface area (Å²) in [5, 5.41) is 13.7. The van der Waals surface area contributed by atoms with Gasteiger partial charge in [0.2, 0.25) is 5.78 Å². The number of thiazole rings is 1. The first-order chi connectivity index (χ1) is 19.3. The number of fused-ring (bicyclic) bond motifs is 1. The minimum absolute atomic E-state index is 0.0249. The van der Waals surface area contributed by atoms with Crippen LogP contribution in [0.1, 0.15) is 90.1 Å². The maximum Gasteiger partial charge on any atom is 0.309 e. The average Bonchev–Trinajstić information content (AvgIpc) is 3.49. The SMILES string of the molecule is CCC(CC)(Cc1c(C(=O)C(C)(C)C)c2cc(OCc3csc(C)n3)ccn2c1C(=O)c1ccc(Cl)cc1)C(=O)O. The summed E-state index contributed by atoms with van der Waals surface area (Å²) in [5.41, 5.74) is 0.772. The van der Waals surface area contributed by atoms with Crippen molar-refractivity contribution in [2.45, 2.75) is 67.4 Å². The van der Waals surface area contributed by atoms with E-state index >= 15 is 0 Å².